The predicted molar refractivity (Wildman–Crippen MR) is 110 cm³/mol. The third-order valence-corrected chi connectivity index (χ3v) is 5.28. The maximum absolute atomic E-state index is 12.4. The van der Waals surface area contributed by atoms with Crippen LogP contribution in [0, 0.1) is 5.92 Å². The number of hydrogen-bond donors (Lipinski definition) is 0. The summed E-state index contributed by atoms with van der Waals surface area (Å²) in [6.07, 6.45) is 5.75. The standard InChI is InChI=1S/C22H28N4O3/c1-3-17-5-7-18(8-6-17)15-25(2)20(27)16-29-21(28)19-9-13-26(14-10-19)22-23-11-4-12-24-22/h4-8,11-12,19H,3,9-10,13-16H2,1-2H3. The van der Waals surface area contributed by atoms with Crippen molar-refractivity contribution in [3.63, 3.8) is 0 Å². The molecule has 1 aromatic heterocycles. The molecule has 7 nitrogen and oxygen atoms in total. The highest BCUT2D eigenvalue weighted by Gasteiger charge is 2.27. The number of likely N-dealkylation sites (N-methyl/N-ethyl adjacent to an activating group) is 1. The molecule has 0 bridgehead atoms. The predicted octanol–water partition coefficient (Wildman–Crippen LogP) is 2.46. The molecule has 1 aliphatic heterocycles. The molecule has 1 aliphatic rings. The van der Waals surface area contributed by atoms with E-state index in [0.717, 1.165) is 12.0 Å². The third kappa shape index (κ3) is 5.76. The average Bonchev–Trinajstić information content (AvgIpc) is 2.78. The summed E-state index contributed by atoms with van der Waals surface area (Å²) in [5, 5.41) is 0. The summed E-state index contributed by atoms with van der Waals surface area (Å²) >= 11 is 0. The summed E-state index contributed by atoms with van der Waals surface area (Å²) in [4.78, 5) is 36.8. The molecule has 0 saturated carbocycles. The Morgan fingerprint density at radius 3 is 2.34 bits per heavy atom. The molecule has 2 heterocycles. The molecule has 2 aromatic rings. The molecule has 0 atom stereocenters. The number of benzene rings is 1. The van der Waals surface area contributed by atoms with Gasteiger partial charge in [-0.3, -0.25) is 9.59 Å². The highest BCUT2D eigenvalue weighted by atomic mass is 16.5. The van der Waals surface area contributed by atoms with E-state index < -0.39 is 0 Å². The van der Waals surface area contributed by atoms with Crippen LogP contribution in [0.2, 0.25) is 0 Å². The second kappa shape index (κ2) is 10.0. The van der Waals surface area contributed by atoms with Gasteiger partial charge in [-0.25, -0.2) is 9.97 Å². The maximum atomic E-state index is 12.4. The smallest absolute Gasteiger partial charge is 0.309 e. The van der Waals surface area contributed by atoms with Crippen molar-refractivity contribution < 1.29 is 14.3 Å². The van der Waals surface area contributed by atoms with E-state index in [-0.39, 0.29) is 24.4 Å². The van der Waals surface area contributed by atoms with Crippen LogP contribution >= 0.6 is 0 Å². The Labute approximate surface area is 171 Å². The van der Waals surface area contributed by atoms with Crippen LogP contribution in [0.4, 0.5) is 5.95 Å². The number of aryl methyl sites for hydroxylation is 1. The number of esters is 1. The molecule has 7 heteroatoms. The van der Waals surface area contributed by atoms with Crippen molar-refractivity contribution in [2.24, 2.45) is 5.92 Å². The SMILES string of the molecule is CCc1ccc(CN(C)C(=O)COC(=O)C2CCN(c3ncccn3)CC2)cc1. The monoisotopic (exact) mass is 396 g/mol. The van der Waals surface area contributed by atoms with Crippen LogP contribution in [0.3, 0.4) is 0 Å². The minimum absolute atomic E-state index is 0.186. The van der Waals surface area contributed by atoms with Crippen LogP contribution in [-0.2, 0) is 27.3 Å². The number of aromatic nitrogens is 2. The van der Waals surface area contributed by atoms with Gasteiger partial charge in [-0.15, -0.1) is 0 Å². The number of rotatable bonds is 7. The van der Waals surface area contributed by atoms with Crippen molar-refractivity contribution >= 4 is 17.8 Å². The number of piperidine rings is 1. The Bertz CT molecular complexity index is 803. The van der Waals surface area contributed by atoms with E-state index >= 15 is 0 Å². The zero-order chi connectivity index (χ0) is 20.6. The van der Waals surface area contributed by atoms with Gasteiger partial charge in [-0.05, 0) is 36.5 Å². The molecule has 1 fully saturated rings. The second-order valence-electron chi connectivity index (χ2n) is 7.34. The minimum atomic E-state index is -0.298. The molecule has 1 amide bonds. The van der Waals surface area contributed by atoms with E-state index in [4.69, 9.17) is 4.74 Å². The number of amides is 1. The molecule has 0 aliphatic carbocycles. The Hall–Kier alpha value is -2.96. The van der Waals surface area contributed by atoms with E-state index in [2.05, 4.69) is 33.9 Å². The highest BCUT2D eigenvalue weighted by molar-refractivity contribution is 5.81. The third-order valence-electron chi connectivity index (χ3n) is 5.28. The molecular formula is C22H28N4O3. The van der Waals surface area contributed by atoms with Gasteiger partial charge in [-0.1, -0.05) is 31.2 Å². The lowest BCUT2D eigenvalue weighted by Crippen LogP contribution is -2.38. The lowest BCUT2D eigenvalue weighted by atomic mass is 9.97. The average molecular weight is 396 g/mol. The van der Waals surface area contributed by atoms with Gasteiger partial charge in [0.1, 0.15) is 0 Å². The first kappa shape index (κ1) is 20.8. The Balaban J connectivity index is 1.41. The molecule has 29 heavy (non-hydrogen) atoms. The van der Waals surface area contributed by atoms with Gasteiger partial charge in [0.15, 0.2) is 6.61 Å². The van der Waals surface area contributed by atoms with Crippen molar-refractivity contribution in [3.05, 3.63) is 53.9 Å². The van der Waals surface area contributed by atoms with Crippen LogP contribution in [0.1, 0.15) is 30.9 Å². The van der Waals surface area contributed by atoms with Crippen LogP contribution in [0.5, 0.6) is 0 Å². The molecule has 1 aromatic carbocycles. The zero-order valence-electron chi connectivity index (χ0n) is 17.1. The van der Waals surface area contributed by atoms with Gasteiger partial charge >= 0.3 is 5.97 Å². The van der Waals surface area contributed by atoms with Gasteiger partial charge in [0.2, 0.25) is 5.95 Å². The van der Waals surface area contributed by atoms with Crippen molar-refractivity contribution in [1.29, 1.82) is 0 Å². The summed E-state index contributed by atoms with van der Waals surface area (Å²) in [6, 6.07) is 9.97. The van der Waals surface area contributed by atoms with Crippen molar-refractivity contribution in [2.45, 2.75) is 32.7 Å². The Morgan fingerprint density at radius 1 is 1.10 bits per heavy atom. The normalized spacial score (nSPS) is 14.5. The number of anilines is 1. The van der Waals surface area contributed by atoms with Crippen LogP contribution in [-0.4, -0.2) is 53.5 Å². The number of carbonyl (C=O) groups excluding carboxylic acids is 2. The van der Waals surface area contributed by atoms with Gasteiger partial charge in [-0.2, -0.15) is 0 Å². The Kier molecular flexibility index (Phi) is 7.16. The van der Waals surface area contributed by atoms with Crippen LogP contribution in [0.25, 0.3) is 0 Å². The van der Waals surface area contributed by atoms with E-state index in [9.17, 15) is 9.59 Å². The quantitative estimate of drug-likeness (QED) is 0.669. The maximum Gasteiger partial charge on any atom is 0.309 e. The first-order valence-electron chi connectivity index (χ1n) is 10.1. The highest BCUT2D eigenvalue weighted by Crippen LogP contribution is 2.21. The summed E-state index contributed by atoms with van der Waals surface area (Å²) in [6.45, 7) is 3.79. The lowest BCUT2D eigenvalue weighted by molar-refractivity contribution is -0.155. The molecule has 0 N–H and O–H groups in total. The summed E-state index contributed by atoms with van der Waals surface area (Å²) in [5.74, 6) is -0.00142. The summed E-state index contributed by atoms with van der Waals surface area (Å²) in [5.41, 5.74) is 2.32. The van der Waals surface area contributed by atoms with Gasteiger partial charge in [0, 0.05) is 39.1 Å². The molecule has 0 unspecified atom stereocenters. The fourth-order valence-corrected chi connectivity index (χ4v) is 3.37. The van der Waals surface area contributed by atoms with Crippen LogP contribution in [0.15, 0.2) is 42.7 Å². The van der Waals surface area contributed by atoms with E-state index in [0.29, 0.717) is 38.4 Å². The molecule has 0 spiro atoms. The van der Waals surface area contributed by atoms with Gasteiger partial charge < -0.3 is 14.5 Å². The first-order valence-corrected chi connectivity index (χ1v) is 10.1. The zero-order valence-corrected chi connectivity index (χ0v) is 17.1. The topological polar surface area (TPSA) is 75.6 Å². The fourth-order valence-electron chi connectivity index (χ4n) is 3.37. The molecule has 3 rings (SSSR count). The van der Waals surface area contributed by atoms with Crippen molar-refractivity contribution in [1.82, 2.24) is 14.9 Å². The number of hydrogen-bond acceptors (Lipinski definition) is 6. The van der Waals surface area contributed by atoms with Crippen molar-refractivity contribution in [3.8, 4) is 0 Å². The summed E-state index contributed by atoms with van der Waals surface area (Å²) in [7, 11) is 1.72. The van der Waals surface area contributed by atoms with E-state index in [1.54, 1.807) is 30.4 Å². The second-order valence-corrected chi connectivity index (χ2v) is 7.34. The van der Waals surface area contributed by atoms with Gasteiger partial charge in [0.25, 0.3) is 5.91 Å². The lowest BCUT2D eigenvalue weighted by Gasteiger charge is -2.30. The van der Waals surface area contributed by atoms with Crippen molar-refractivity contribution in [2.75, 3.05) is 31.6 Å². The largest absolute Gasteiger partial charge is 0.455 e. The molecular weight excluding hydrogens is 368 g/mol. The number of ether oxygens (including phenoxy) is 1. The molecule has 0 radical (unpaired) electrons. The molecule has 1 saturated heterocycles. The first-order chi connectivity index (χ1) is 14.1. The van der Waals surface area contributed by atoms with E-state index in [1.165, 1.54) is 5.56 Å². The summed E-state index contributed by atoms with van der Waals surface area (Å²) < 4.78 is 5.30. The minimum Gasteiger partial charge on any atom is -0.455 e. The fraction of sp³-hybridized carbons (Fsp3) is 0.455. The number of nitrogens with zero attached hydrogens (tertiary/aromatic N) is 4. The van der Waals surface area contributed by atoms with Gasteiger partial charge in [0.05, 0.1) is 5.92 Å². The Morgan fingerprint density at radius 2 is 1.72 bits per heavy atom. The van der Waals surface area contributed by atoms with Crippen LogP contribution < -0.4 is 4.90 Å². The number of carbonyl (C=O) groups is 2. The molecule has 154 valence electrons. The van der Waals surface area contributed by atoms with E-state index in [1.807, 2.05) is 12.1 Å².